The Morgan fingerprint density at radius 3 is 2.37 bits per heavy atom. The summed E-state index contributed by atoms with van der Waals surface area (Å²) in [4.78, 5) is 25.7. The molecule has 49 heavy (non-hydrogen) atoms. The average Bonchev–Trinajstić information content (AvgIpc) is 3.78. The smallest absolute Gasteiger partial charge is 0.319 e. The van der Waals surface area contributed by atoms with Crippen molar-refractivity contribution in [2.24, 2.45) is 10.8 Å². The van der Waals surface area contributed by atoms with Crippen LogP contribution in [-0.4, -0.2) is 83.8 Å². The number of ether oxygens (including phenoxy) is 1. The van der Waals surface area contributed by atoms with E-state index in [9.17, 15) is 14.3 Å². The van der Waals surface area contributed by atoms with Crippen molar-refractivity contribution >= 4 is 33.4 Å². The van der Waals surface area contributed by atoms with Crippen LogP contribution in [0.2, 0.25) is 0 Å². The topological polar surface area (TPSA) is 103 Å². The van der Waals surface area contributed by atoms with Gasteiger partial charge in [-0.15, -0.1) is 0 Å². The highest BCUT2D eigenvalue weighted by Gasteiger charge is 2.50. The number of aromatic nitrogens is 2. The van der Waals surface area contributed by atoms with E-state index in [1.54, 1.807) is 0 Å². The van der Waals surface area contributed by atoms with Gasteiger partial charge in [0.2, 0.25) is 5.91 Å². The fraction of sp³-hybridized carbons (Fsp3) is 0.472. The number of piperidine rings is 1. The second-order valence-electron chi connectivity index (χ2n) is 14.8. The number of phenols is 1. The Hall–Kier alpha value is -4.23. The van der Waals surface area contributed by atoms with Gasteiger partial charge in [-0.1, -0.05) is 6.07 Å². The molecule has 3 N–H and O–H groups in total. The van der Waals surface area contributed by atoms with Crippen molar-refractivity contribution in [1.29, 1.82) is 0 Å². The molecule has 2 atom stereocenters. The number of halogens is 4. The average molecular weight is 677 g/mol. The molecule has 3 aromatic carbocycles. The van der Waals surface area contributed by atoms with Crippen LogP contribution < -0.4 is 20.3 Å². The first-order valence-corrected chi connectivity index (χ1v) is 17.1. The van der Waals surface area contributed by atoms with E-state index in [4.69, 9.17) is 9.72 Å². The van der Waals surface area contributed by atoms with Crippen LogP contribution in [0, 0.1) is 34.1 Å². The zero-order valence-corrected chi connectivity index (χ0v) is 26.8. The highest BCUT2D eigenvalue weighted by atomic mass is 19.2. The Labute approximate surface area is 279 Å². The summed E-state index contributed by atoms with van der Waals surface area (Å²) in [5, 5.41) is 16.7. The molecule has 5 aliphatic rings. The first-order chi connectivity index (χ1) is 23.6. The third kappa shape index (κ3) is 5.15. The van der Waals surface area contributed by atoms with Crippen LogP contribution in [0.5, 0.6) is 11.8 Å². The van der Waals surface area contributed by atoms with Crippen molar-refractivity contribution in [2.45, 2.75) is 50.6 Å². The van der Waals surface area contributed by atoms with Gasteiger partial charge in [0.05, 0.1) is 17.6 Å². The van der Waals surface area contributed by atoms with Gasteiger partial charge in [-0.2, -0.15) is 9.97 Å². The molecule has 4 aliphatic heterocycles. The summed E-state index contributed by atoms with van der Waals surface area (Å²) in [5.74, 6) is -4.40. The summed E-state index contributed by atoms with van der Waals surface area (Å²) >= 11 is 0. The zero-order valence-electron chi connectivity index (χ0n) is 26.8. The number of nitrogens with one attached hydrogen (secondary N) is 2. The van der Waals surface area contributed by atoms with Gasteiger partial charge >= 0.3 is 6.01 Å². The number of rotatable bonds is 7. The van der Waals surface area contributed by atoms with Crippen LogP contribution in [0.1, 0.15) is 38.5 Å². The van der Waals surface area contributed by atoms with Gasteiger partial charge in [-0.3, -0.25) is 4.79 Å². The largest absolute Gasteiger partial charge is 0.508 e. The first kappa shape index (κ1) is 30.8. The van der Waals surface area contributed by atoms with E-state index in [1.807, 2.05) is 4.90 Å². The molecule has 9 nitrogen and oxygen atoms in total. The Bertz CT molecular complexity index is 2020. The van der Waals surface area contributed by atoms with Crippen molar-refractivity contribution in [2.75, 3.05) is 50.8 Å². The molecule has 2 unspecified atom stereocenters. The predicted octanol–water partition coefficient (Wildman–Crippen LogP) is 5.02. The predicted molar refractivity (Wildman–Crippen MR) is 174 cm³/mol. The van der Waals surface area contributed by atoms with Gasteiger partial charge in [-0.05, 0) is 81.3 Å². The molecule has 13 heteroatoms. The molecular formula is C36H36F4N6O3. The molecule has 9 rings (SSSR count). The fourth-order valence-electron chi connectivity index (χ4n) is 8.43. The number of aromatic hydroxyl groups is 1. The third-order valence-electron chi connectivity index (χ3n) is 11.5. The molecule has 4 saturated heterocycles. The molecule has 1 amide bonds. The van der Waals surface area contributed by atoms with E-state index in [1.165, 1.54) is 12.1 Å². The summed E-state index contributed by atoms with van der Waals surface area (Å²) < 4.78 is 68.7. The maximum absolute atomic E-state index is 16.8. The number of phenolic OH excluding ortho intramolecular Hbond substituents is 1. The summed E-state index contributed by atoms with van der Waals surface area (Å²) in [6.07, 6.45) is 5.54. The van der Waals surface area contributed by atoms with Crippen LogP contribution in [0.3, 0.4) is 0 Å². The standard InChI is InChI=1S/C36H36F4N6O3/c37-25-4-1-19-11-22(47)12-23(27(19)29(25)39)28-26(38)13-24-31(30(28)40)43-34(44-32(24)46-14-20-2-3-21(15-46)42-20)49-18-35(5-6-35)17-45-9-7-36(8-10-45)16-41-33(36)48/h1,4,11-13,20-21,42,47H,2-3,5-10,14-18H2,(H,41,48). The van der Waals surface area contributed by atoms with Gasteiger partial charge in [0, 0.05) is 60.0 Å². The number of fused-ring (bicyclic) bond motifs is 4. The number of nitrogens with zero attached hydrogens (tertiary/aromatic N) is 4. The number of piperazine rings is 1. The summed E-state index contributed by atoms with van der Waals surface area (Å²) in [6, 6.07) is 5.91. The molecule has 1 saturated carbocycles. The molecule has 5 fully saturated rings. The van der Waals surface area contributed by atoms with E-state index in [2.05, 4.69) is 20.5 Å². The van der Waals surface area contributed by atoms with E-state index in [0.717, 1.165) is 82.9 Å². The lowest BCUT2D eigenvalue weighted by Gasteiger charge is -2.47. The minimum absolute atomic E-state index is 0.0437. The number of carbonyl (C=O) groups is 1. The third-order valence-corrected chi connectivity index (χ3v) is 11.5. The minimum Gasteiger partial charge on any atom is -0.508 e. The zero-order chi connectivity index (χ0) is 33.7. The molecule has 256 valence electrons. The maximum atomic E-state index is 16.8. The Morgan fingerprint density at radius 2 is 1.69 bits per heavy atom. The number of benzene rings is 3. The lowest BCUT2D eigenvalue weighted by atomic mass is 9.72. The minimum atomic E-state index is -1.27. The highest BCUT2D eigenvalue weighted by Crippen LogP contribution is 2.48. The van der Waals surface area contributed by atoms with Gasteiger partial charge in [0.15, 0.2) is 17.5 Å². The lowest BCUT2D eigenvalue weighted by Crippen LogP contribution is -2.63. The number of hydrogen-bond acceptors (Lipinski definition) is 8. The summed E-state index contributed by atoms with van der Waals surface area (Å²) in [5.41, 5.74) is -1.49. The Morgan fingerprint density at radius 1 is 0.939 bits per heavy atom. The normalized spacial score (nSPS) is 24.0. The van der Waals surface area contributed by atoms with Crippen molar-refractivity contribution < 1.29 is 32.2 Å². The molecule has 1 aliphatic carbocycles. The molecule has 0 radical (unpaired) electrons. The van der Waals surface area contributed by atoms with Crippen molar-refractivity contribution in [3.8, 4) is 22.9 Å². The number of anilines is 1. The lowest BCUT2D eigenvalue weighted by molar-refractivity contribution is -0.144. The van der Waals surface area contributed by atoms with Crippen LogP contribution >= 0.6 is 0 Å². The quantitative estimate of drug-likeness (QED) is 0.185. The number of β-lactam (4-membered cyclic amide) rings is 1. The highest BCUT2D eigenvalue weighted by molar-refractivity contribution is 6.02. The van der Waals surface area contributed by atoms with Crippen LogP contribution in [-0.2, 0) is 4.79 Å². The Balaban J connectivity index is 1.08. The van der Waals surface area contributed by atoms with Crippen molar-refractivity contribution in [3.63, 3.8) is 0 Å². The number of likely N-dealkylation sites (tertiary alicyclic amines) is 1. The SMILES string of the molecule is O=C1NCC12CCN(CC1(COc3nc(N4CC5CCC(C4)N5)c4cc(F)c(-c5cc(O)cc6ccc(F)c(F)c56)c(F)c4n3)CC1)CC2. The van der Waals surface area contributed by atoms with E-state index in [0.29, 0.717) is 25.5 Å². The van der Waals surface area contributed by atoms with E-state index >= 15 is 13.2 Å². The summed E-state index contributed by atoms with van der Waals surface area (Å²) in [6.45, 7) is 4.72. The first-order valence-electron chi connectivity index (χ1n) is 17.1. The fourth-order valence-corrected chi connectivity index (χ4v) is 8.43. The second-order valence-corrected chi connectivity index (χ2v) is 14.8. The van der Waals surface area contributed by atoms with Gasteiger partial charge < -0.3 is 30.3 Å². The number of amides is 1. The van der Waals surface area contributed by atoms with E-state index in [-0.39, 0.29) is 67.8 Å². The van der Waals surface area contributed by atoms with Crippen LogP contribution in [0.25, 0.3) is 32.8 Å². The molecular weight excluding hydrogens is 640 g/mol. The van der Waals surface area contributed by atoms with Crippen molar-refractivity contribution in [1.82, 2.24) is 25.5 Å². The molecule has 2 bridgehead atoms. The van der Waals surface area contributed by atoms with Crippen molar-refractivity contribution in [3.05, 3.63) is 53.6 Å². The van der Waals surface area contributed by atoms with Crippen LogP contribution in [0.15, 0.2) is 30.3 Å². The second kappa shape index (κ2) is 11.1. The number of carbonyl (C=O) groups excluding carboxylic acids is 1. The number of hydrogen-bond donors (Lipinski definition) is 3. The van der Waals surface area contributed by atoms with Gasteiger partial charge in [0.25, 0.3) is 0 Å². The van der Waals surface area contributed by atoms with Gasteiger partial charge in [0.1, 0.15) is 22.9 Å². The monoisotopic (exact) mass is 676 g/mol. The van der Waals surface area contributed by atoms with Gasteiger partial charge in [-0.25, -0.2) is 17.6 Å². The Kier molecular flexibility index (Phi) is 7.00. The maximum Gasteiger partial charge on any atom is 0.319 e. The van der Waals surface area contributed by atoms with E-state index < -0.39 is 28.8 Å². The molecule has 1 spiro atoms. The molecule has 4 aromatic rings. The molecule has 5 heterocycles. The van der Waals surface area contributed by atoms with Crippen LogP contribution in [0.4, 0.5) is 23.4 Å². The molecule has 1 aromatic heterocycles. The summed E-state index contributed by atoms with van der Waals surface area (Å²) in [7, 11) is 0.